The molecule has 22 heavy (non-hydrogen) atoms. The van der Waals surface area contributed by atoms with Gasteiger partial charge >= 0.3 is 0 Å². The van der Waals surface area contributed by atoms with Crippen molar-refractivity contribution in [1.82, 2.24) is 5.32 Å². The first-order chi connectivity index (χ1) is 10.4. The number of nitrogens with one attached hydrogen (secondary N) is 1. The van der Waals surface area contributed by atoms with E-state index in [9.17, 15) is 8.42 Å². The van der Waals surface area contributed by atoms with E-state index in [0.29, 0.717) is 12.6 Å². The number of rotatable bonds is 15. The van der Waals surface area contributed by atoms with Crippen LogP contribution in [-0.4, -0.2) is 30.9 Å². The predicted molar refractivity (Wildman–Crippen MR) is 93.4 cm³/mol. The molecule has 0 bridgehead atoms. The van der Waals surface area contributed by atoms with Gasteiger partial charge in [0.15, 0.2) is 0 Å². The second kappa shape index (κ2) is 13.3. The summed E-state index contributed by atoms with van der Waals surface area (Å²) in [6.45, 7) is 4.29. The van der Waals surface area contributed by atoms with Gasteiger partial charge in [-0.2, -0.15) is 8.42 Å². The molecular formula is C16H36N2O3S. The highest BCUT2D eigenvalue weighted by Crippen LogP contribution is 2.11. The van der Waals surface area contributed by atoms with Crippen molar-refractivity contribution in [2.24, 2.45) is 5.73 Å². The third-order valence-corrected chi connectivity index (χ3v) is 5.12. The van der Waals surface area contributed by atoms with Crippen LogP contribution in [0.5, 0.6) is 0 Å². The molecular weight excluding hydrogens is 300 g/mol. The van der Waals surface area contributed by atoms with Crippen LogP contribution in [0.4, 0.5) is 0 Å². The van der Waals surface area contributed by atoms with Gasteiger partial charge in [-0.05, 0) is 32.7 Å². The van der Waals surface area contributed by atoms with E-state index in [1.54, 1.807) is 0 Å². The van der Waals surface area contributed by atoms with Gasteiger partial charge in [-0.3, -0.25) is 9.87 Å². The number of hydrogen-bond acceptors (Lipinski definition) is 4. The van der Waals surface area contributed by atoms with Crippen LogP contribution in [-0.2, 0) is 10.1 Å². The quantitative estimate of drug-likeness (QED) is 0.315. The molecule has 0 aliphatic carbocycles. The lowest BCUT2D eigenvalue weighted by atomic mass is 10.0. The van der Waals surface area contributed by atoms with Crippen molar-refractivity contribution >= 4 is 10.1 Å². The second-order valence-corrected chi connectivity index (χ2v) is 8.01. The van der Waals surface area contributed by atoms with Crippen molar-refractivity contribution in [1.29, 1.82) is 0 Å². The average Bonchev–Trinajstić information content (AvgIpc) is 2.45. The van der Waals surface area contributed by atoms with Crippen molar-refractivity contribution in [2.75, 3.05) is 6.54 Å². The Balaban J connectivity index is 3.37. The highest BCUT2D eigenvalue weighted by Gasteiger charge is 2.15. The lowest BCUT2D eigenvalue weighted by molar-refractivity contribution is 0.450. The monoisotopic (exact) mass is 336 g/mol. The lowest BCUT2D eigenvalue weighted by Crippen LogP contribution is -2.34. The van der Waals surface area contributed by atoms with Crippen LogP contribution < -0.4 is 11.1 Å². The van der Waals surface area contributed by atoms with Crippen LogP contribution in [0.2, 0.25) is 0 Å². The molecule has 2 unspecified atom stereocenters. The van der Waals surface area contributed by atoms with E-state index in [1.807, 2.05) is 0 Å². The molecule has 5 nitrogen and oxygen atoms in total. The van der Waals surface area contributed by atoms with Gasteiger partial charge in [-0.15, -0.1) is 0 Å². The van der Waals surface area contributed by atoms with Gasteiger partial charge in [0.1, 0.15) is 5.37 Å². The summed E-state index contributed by atoms with van der Waals surface area (Å²) in [6.07, 6.45) is 13.0. The largest absolute Gasteiger partial charge is 0.328 e. The topological polar surface area (TPSA) is 92.4 Å². The molecule has 2 atom stereocenters. The standard InChI is InChI=1S/C16H36N2O3S/c1-3-4-5-6-7-9-12-16(17)13-10-8-11-14-18-15(2)22(19,20)21/h15-16,18H,3-14,17H2,1-2H3,(H,19,20,21). The maximum atomic E-state index is 10.8. The Morgan fingerprint density at radius 1 is 0.955 bits per heavy atom. The van der Waals surface area contributed by atoms with Crippen LogP contribution in [0.3, 0.4) is 0 Å². The third-order valence-electron chi connectivity index (χ3n) is 4.06. The predicted octanol–water partition coefficient (Wildman–Crippen LogP) is 3.45. The normalized spacial score (nSPS) is 14.9. The summed E-state index contributed by atoms with van der Waals surface area (Å²) < 4.78 is 30.4. The van der Waals surface area contributed by atoms with E-state index in [4.69, 9.17) is 10.3 Å². The first-order valence-corrected chi connectivity index (χ1v) is 10.3. The van der Waals surface area contributed by atoms with Crippen molar-refractivity contribution < 1.29 is 13.0 Å². The highest BCUT2D eigenvalue weighted by molar-refractivity contribution is 7.86. The van der Waals surface area contributed by atoms with Crippen LogP contribution in [0.1, 0.15) is 84.5 Å². The molecule has 0 saturated heterocycles. The molecule has 0 heterocycles. The molecule has 0 aliphatic rings. The fourth-order valence-electron chi connectivity index (χ4n) is 2.45. The molecule has 0 rings (SSSR count). The van der Waals surface area contributed by atoms with E-state index in [0.717, 1.165) is 32.1 Å². The fraction of sp³-hybridized carbons (Fsp3) is 1.00. The number of unbranched alkanes of at least 4 members (excludes halogenated alkanes) is 7. The Morgan fingerprint density at radius 2 is 1.45 bits per heavy atom. The minimum absolute atomic E-state index is 0.302. The Kier molecular flexibility index (Phi) is 13.2. The van der Waals surface area contributed by atoms with Gasteiger partial charge in [0.2, 0.25) is 0 Å². The molecule has 0 aromatic heterocycles. The lowest BCUT2D eigenvalue weighted by Gasteiger charge is -2.12. The molecule has 0 saturated carbocycles. The second-order valence-electron chi connectivity index (χ2n) is 6.28. The summed E-state index contributed by atoms with van der Waals surface area (Å²) in [5.74, 6) is 0. The van der Waals surface area contributed by atoms with Gasteiger partial charge < -0.3 is 5.73 Å². The minimum atomic E-state index is -3.96. The zero-order chi connectivity index (χ0) is 16.8. The zero-order valence-electron chi connectivity index (χ0n) is 14.4. The summed E-state index contributed by atoms with van der Waals surface area (Å²) in [7, 11) is -3.96. The van der Waals surface area contributed by atoms with E-state index in [1.165, 1.54) is 45.4 Å². The van der Waals surface area contributed by atoms with Crippen LogP contribution >= 0.6 is 0 Å². The molecule has 134 valence electrons. The number of hydrogen-bond donors (Lipinski definition) is 3. The van der Waals surface area contributed by atoms with Crippen molar-refractivity contribution in [3.8, 4) is 0 Å². The molecule has 0 aromatic carbocycles. The van der Waals surface area contributed by atoms with Crippen molar-refractivity contribution in [3.63, 3.8) is 0 Å². The zero-order valence-corrected chi connectivity index (χ0v) is 15.2. The van der Waals surface area contributed by atoms with Crippen molar-refractivity contribution in [2.45, 2.75) is 95.9 Å². The van der Waals surface area contributed by atoms with E-state index in [2.05, 4.69) is 12.2 Å². The fourth-order valence-corrected chi connectivity index (χ4v) is 2.78. The van der Waals surface area contributed by atoms with Crippen LogP contribution in [0.25, 0.3) is 0 Å². The molecule has 0 spiro atoms. The maximum absolute atomic E-state index is 10.8. The van der Waals surface area contributed by atoms with E-state index < -0.39 is 15.5 Å². The Labute approximate surface area is 137 Å². The molecule has 0 radical (unpaired) electrons. The Bertz CT molecular complexity index is 347. The van der Waals surface area contributed by atoms with Gasteiger partial charge in [0, 0.05) is 6.04 Å². The van der Waals surface area contributed by atoms with Gasteiger partial charge in [0.05, 0.1) is 0 Å². The molecule has 0 amide bonds. The summed E-state index contributed by atoms with van der Waals surface area (Å²) in [4.78, 5) is 0. The average molecular weight is 337 g/mol. The molecule has 0 aromatic rings. The van der Waals surface area contributed by atoms with Gasteiger partial charge in [0.25, 0.3) is 10.1 Å². The first-order valence-electron chi connectivity index (χ1n) is 8.83. The summed E-state index contributed by atoms with van der Waals surface area (Å²) >= 11 is 0. The minimum Gasteiger partial charge on any atom is -0.328 e. The summed E-state index contributed by atoms with van der Waals surface area (Å²) in [6, 6.07) is 0.302. The molecule has 0 aliphatic heterocycles. The Hall–Kier alpha value is -0.170. The number of nitrogens with two attached hydrogens (primary N) is 1. The van der Waals surface area contributed by atoms with Crippen LogP contribution in [0, 0.1) is 0 Å². The van der Waals surface area contributed by atoms with Gasteiger partial charge in [-0.25, -0.2) is 0 Å². The molecule has 4 N–H and O–H groups in total. The SMILES string of the molecule is CCCCCCCCC(N)CCCCCNC(C)S(=O)(=O)O. The Morgan fingerprint density at radius 3 is 2.00 bits per heavy atom. The molecule has 6 heteroatoms. The third kappa shape index (κ3) is 13.5. The maximum Gasteiger partial charge on any atom is 0.280 e. The van der Waals surface area contributed by atoms with E-state index >= 15 is 0 Å². The summed E-state index contributed by atoms with van der Waals surface area (Å²) in [5, 5.41) is 1.91. The first kappa shape index (κ1) is 21.8. The highest BCUT2D eigenvalue weighted by atomic mass is 32.2. The molecule has 0 fully saturated rings. The smallest absolute Gasteiger partial charge is 0.280 e. The van der Waals surface area contributed by atoms with Crippen LogP contribution in [0.15, 0.2) is 0 Å². The van der Waals surface area contributed by atoms with E-state index in [-0.39, 0.29) is 0 Å². The van der Waals surface area contributed by atoms with Gasteiger partial charge in [-0.1, -0.05) is 58.3 Å². The summed E-state index contributed by atoms with van der Waals surface area (Å²) in [5.41, 5.74) is 6.11. The van der Waals surface area contributed by atoms with Crippen molar-refractivity contribution in [3.05, 3.63) is 0 Å².